The van der Waals surface area contributed by atoms with Crippen molar-refractivity contribution < 1.29 is 9.59 Å². The zero-order valence-corrected chi connectivity index (χ0v) is 16.7. The third-order valence-electron chi connectivity index (χ3n) is 4.68. The van der Waals surface area contributed by atoms with E-state index in [-0.39, 0.29) is 17.6 Å². The van der Waals surface area contributed by atoms with E-state index in [0.717, 1.165) is 18.5 Å². The largest absolute Gasteiger partial charge is 0.325 e. The number of fused-ring (bicyclic) bond motifs is 1. The molecule has 9 heteroatoms. The second-order valence-corrected chi connectivity index (χ2v) is 7.63. The van der Waals surface area contributed by atoms with Crippen LogP contribution in [0.5, 0.6) is 0 Å². The van der Waals surface area contributed by atoms with Crippen molar-refractivity contribution in [2.24, 2.45) is 7.05 Å². The van der Waals surface area contributed by atoms with Gasteiger partial charge in [-0.25, -0.2) is 4.68 Å². The van der Waals surface area contributed by atoms with Crippen LogP contribution in [-0.2, 0) is 18.3 Å². The molecule has 0 spiro atoms. The first-order chi connectivity index (χ1) is 14.1. The Labute approximate surface area is 172 Å². The molecule has 0 fully saturated rings. The summed E-state index contributed by atoms with van der Waals surface area (Å²) in [4.78, 5) is 26.9. The first-order valence-corrected chi connectivity index (χ1v) is 10.3. The van der Waals surface area contributed by atoms with E-state index in [2.05, 4.69) is 26.9 Å². The number of nitrogens with zero attached hydrogens (tertiary/aromatic N) is 5. The number of thioether (sulfide) groups is 1. The summed E-state index contributed by atoms with van der Waals surface area (Å²) in [6, 6.07) is 15.0. The van der Waals surface area contributed by atoms with Crippen LogP contribution in [0.1, 0.15) is 22.3 Å². The number of benzene rings is 2. The highest BCUT2D eigenvalue weighted by molar-refractivity contribution is 7.99. The zero-order valence-electron chi connectivity index (χ0n) is 15.9. The molecule has 4 rings (SSSR count). The molecule has 0 unspecified atom stereocenters. The number of nitrogens with one attached hydrogen (secondary N) is 1. The monoisotopic (exact) mass is 408 g/mol. The number of aryl methyl sites for hydroxylation is 2. The Morgan fingerprint density at radius 1 is 1.14 bits per heavy atom. The Bertz CT molecular complexity index is 1030. The lowest BCUT2D eigenvalue weighted by molar-refractivity contribution is -0.113. The fraction of sp³-hybridized carbons (Fsp3) is 0.250. The van der Waals surface area contributed by atoms with Crippen molar-refractivity contribution in [1.82, 2.24) is 20.2 Å². The average molecular weight is 408 g/mol. The molecule has 0 saturated carbocycles. The van der Waals surface area contributed by atoms with Crippen LogP contribution in [0.3, 0.4) is 0 Å². The Kier molecular flexibility index (Phi) is 5.57. The molecule has 0 saturated heterocycles. The number of hydrogen-bond donors (Lipinski definition) is 1. The van der Waals surface area contributed by atoms with Gasteiger partial charge in [0.05, 0.1) is 5.75 Å². The highest BCUT2D eigenvalue weighted by atomic mass is 32.2. The predicted molar refractivity (Wildman–Crippen MR) is 111 cm³/mol. The van der Waals surface area contributed by atoms with Gasteiger partial charge >= 0.3 is 0 Å². The molecule has 29 heavy (non-hydrogen) atoms. The van der Waals surface area contributed by atoms with Crippen LogP contribution in [-0.4, -0.2) is 44.3 Å². The third-order valence-corrected chi connectivity index (χ3v) is 5.70. The van der Waals surface area contributed by atoms with Crippen molar-refractivity contribution in [3.05, 3.63) is 59.7 Å². The second kappa shape index (κ2) is 8.44. The van der Waals surface area contributed by atoms with Crippen LogP contribution in [0.2, 0.25) is 0 Å². The number of hydrogen-bond acceptors (Lipinski definition) is 6. The third kappa shape index (κ3) is 4.29. The van der Waals surface area contributed by atoms with E-state index in [1.54, 1.807) is 31.3 Å². The number of carbonyl (C=O) groups is 2. The van der Waals surface area contributed by atoms with E-state index in [4.69, 9.17) is 0 Å². The van der Waals surface area contributed by atoms with E-state index in [9.17, 15) is 9.59 Å². The van der Waals surface area contributed by atoms with Gasteiger partial charge in [0.25, 0.3) is 5.91 Å². The molecule has 1 aliphatic rings. The van der Waals surface area contributed by atoms with Gasteiger partial charge in [0.1, 0.15) is 0 Å². The van der Waals surface area contributed by atoms with Gasteiger partial charge < -0.3 is 10.2 Å². The van der Waals surface area contributed by atoms with E-state index < -0.39 is 0 Å². The van der Waals surface area contributed by atoms with Gasteiger partial charge in [0.15, 0.2) is 0 Å². The first kappa shape index (κ1) is 19.1. The Morgan fingerprint density at radius 2 is 1.93 bits per heavy atom. The van der Waals surface area contributed by atoms with Crippen molar-refractivity contribution in [3.63, 3.8) is 0 Å². The highest BCUT2D eigenvalue weighted by Gasteiger charge is 2.23. The lowest BCUT2D eigenvalue weighted by Crippen LogP contribution is -2.35. The number of carbonyl (C=O) groups excluding carboxylic acids is 2. The van der Waals surface area contributed by atoms with Crippen LogP contribution in [0.25, 0.3) is 0 Å². The van der Waals surface area contributed by atoms with E-state index >= 15 is 0 Å². The molecule has 8 nitrogen and oxygen atoms in total. The summed E-state index contributed by atoms with van der Waals surface area (Å²) in [5.41, 5.74) is 3.42. The van der Waals surface area contributed by atoms with Gasteiger partial charge in [-0.15, -0.1) is 5.10 Å². The number of anilines is 2. The Hall–Kier alpha value is -3.20. The second-order valence-electron chi connectivity index (χ2n) is 6.69. The van der Waals surface area contributed by atoms with Gasteiger partial charge in [-0.1, -0.05) is 30.0 Å². The number of aromatic nitrogens is 4. The quantitative estimate of drug-likeness (QED) is 0.652. The highest BCUT2D eigenvalue weighted by Crippen LogP contribution is 2.28. The molecule has 3 aromatic rings. The summed E-state index contributed by atoms with van der Waals surface area (Å²) in [7, 11) is 1.72. The molecule has 148 valence electrons. The molecule has 2 aromatic carbocycles. The molecule has 0 radical (unpaired) electrons. The molecular weight excluding hydrogens is 388 g/mol. The van der Waals surface area contributed by atoms with Gasteiger partial charge in [0.2, 0.25) is 11.1 Å². The maximum absolute atomic E-state index is 13.0. The number of tetrazole rings is 1. The van der Waals surface area contributed by atoms with Crippen molar-refractivity contribution in [1.29, 1.82) is 0 Å². The van der Waals surface area contributed by atoms with Gasteiger partial charge in [-0.05, 0) is 59.2 Å². The van der Waals surface area contributed by atoms with Crippen LogP contribution < -0.4 is 10.2 Å². The van der Waals surface area contributed by atoms with Crippen LogP contribution in [0, 0.1) is 0 Å². The fourth-order valence-corrected chi connectivity index (χ4v) is 3.92. The molecule has 2 amide bonds. The molecular formula is C20H20N6O2S. The van der Waals surface area contributed by atoms with Crippen molar-refractivity contribution in [2.45, 2.75) is 18.0 Å². The summed E-state index contributed by atoms with van der Waals surface area (Å²) < 4.78 is 1.51. The summed E-state index contributed by atoms with van der Waals surface area (Å²) in [5.74, 6) is 0.00168. The van der Waals surface area contributed by atoms with Crippen molar-refractivity contribution >= 4 is 35.0 Å². The predicted octanol–water partition coefficient (Wildman–Crippen LogP) is 2.53. The standard InChI is InChI=1S/C20H20N6O2S/c1-25-20(22-23-24-25)29-13-18(27)21-16-10-8-15(9-11-16)19(28)26-12-4-6-14-5-2-3-7-17(14)26/h2-3,5,7-11H,4,6,12-13H2,1H3,(H,21,27). The number of rotatable bonds is 5. The van der Waals surface area contributed by atoms with Crippen LogP contribution in [0.15, 0.2) is 53.7 Å². The number of amides is 2. The lowest BCUT2D eigenvalue weighted by atomic mass is 10.0. The van der Waals surface area contributed by atoms with Gasteiger partial charge in [0, 0.05) is 30.5 Å². The number of para-hydroxylation sites is 1. The smallest absolute Gasteiger partial charge is 0.258 e. The minimum atomic E-state index is -0.165. The molecule has 2 heterocycles. The van der Waals surface area contributed by atoms with E-state index in [1.807, 2.05) is 23.1 Å². The average Bonchev–Trinajstić information content (AvgIpc) is 3.16. The minimum Gasteiger partial charge on any atom is -0.325 e. The first-order valence-electron chi connectivity index (χ1n) is 9.26. The fourth-order valence-electron chi connectivity index (χ4n) is 3.27. The summed E-state index contributed by atoms with van der Waals surface area (Å²) in [6.07, 6.45) is 1.95. The van der Waals surface area contributed by atoms with Gasteiger partial charge in [-0.2, -0.15) is 0 Å². The molecule has 1 N–H and O–H groups in total. The maximum atomic E-state index is 13.0. The van der Waals surface area contributed by atoms with Crippen LogP contribution >= 0.6 is 11.8 Å². The molecule has 0 bridgehead atoms. The van der Waals surface area contributed by atoms with Crippen molar-refractivity contribution in [2.75, 3.05) is 22.5 Å². The topological polar surface area (TPSA) is 93.0 Å². The normalized spacial score (nSPS) is 13.1. The lowest BCUT2D eigenvalue weighted by Gasteiger charge is -2.29. The minimum absolute atomic E-state index is 0.0274. The molecule has 1 aliphatic heterocycles. The molecule has 0 aliphatic carbocycles. The molecule has 0 atom stereocenters. The maximum Gasteiger partial charge on any atom is 0.258 e. The zero-order chi connectivity index (χ0) is 20.2. The Morgan fingerprint density at radius 3 is 2.69 bits per heavy atom. The summed E-state index contributed by atoms with van der Waals surface area (Å²) in [5, 5.41) is 14.5. The molecule has 1 aromatic heterocycles. The van der Waals surface area contributed by atoms with E-state index in [1.165, 1.54) is 22.0 Å². The van der Waals surface area contributed by atoms with Crippen LogP contribution in [0.4, 0.5) is 11.4 Å². The Balaban J connectivity index is 1.38. The summed E-state index contributed by atoms with van der Waals surface area (Å²) >= 11 is 1.26. The van der Waals surface area contributed by atoms with Crippen molar-refractivity contribution in [3.8, 4) is 0 Å². The SMILES string of the molecule is Cn1nnnc1SCC(=O)Nc1ccc(C(=O)N2CCCc3ccccc32)cc1. The summed E-state index contributed by atoms with van der Waals surface area (Å²) in [6.45, 7) is 0.711. The van der Waals surface area contributed by atoms with Gasteiger partial charge in [-0.3, -0.25) is 9.59 Å². The van der Waals surface area contributed by atoms with E-state index in [0.29, 0.717) is 23.0 Å².